The number of hydrogen-bond acceptors (Lipinski definition) is 4. The van der Waals surface area contributed by atoms with Crippen molar-refractivity contribution in [2.45, 2.75) is 6.42 Å². The fraction of sp³-hybridized carbons (Fsp3) is 0.455. The number of hydrogen-bond donors (Lipinski definition) is 1. The van der Waals surface area contributed by atoms with Gasteiger partial charge in [-0.15, -0.1) is 0 Å². The first-order chi connectivity index (χ1) is 8.16. The van der Waals surface area contributed by atoms with Gasteiger partial charge in [0.15, 0.2) is 5.75 Å². The molecule has 0 saturated carbocycles. The van der Waals surface area contributed by atoms with E-state index in [4.69, 9.17) is 4.74 Å². The molecule has 0 aromatic heterocycles. The molecule has 17 heavy (non-hydrogen) atoms. The van der Waals surface area contributed by atoms with Gasteiger partial charge in [0.05, 0.1) is 11.5 Å². The number of rotatable bonds is 4. The SMILES string of the molecule is O=[N+]([O-])c1ccc(F)cc1OCC1CCNC1. The summed E-state index contributed by atoms with van der Waals surface area (Å²) in [5.74, 6) is -0.199. The van der Waals surface area contributed by atoms with Crippen LogP contribution in [0.15, 0.2) is 18.2 Å². The lowest BCUT2D eigenvalue weighted by Gasteiger charge is -2.10. The highest BCUT2D eigenvalue weighted by molar-refractivity contribution is 5.46. The number of benzene rings is 1. The Labute approximate surface area is 97.7 Å². The Kier molecular flexibility index (Phi) is 3.53. The summed E-state index contributed by atoms with van der Waals surface area (Å²) < 4.78 is 18.3. The molecule has 0 aliphatic carbocycles. The molecule has 2 rings (SSSR count). The zero-order valence-electron chi connectivity index (χ0n) is 9.19. The lowest BCUT2D eigenvalue weighted by molar-refractivity contribution is -0.386. The van der Waals surface area contributed by atoms with Gasteiger partial charge >= 0.3 is 5.69 Å². The molecule has 6 heteroatoms. The lowest BCUT2D eigenvalue weighted by atomic mass is 10.1. The summed E-state index contributed by atoms with van der Waals surface area (Å²) >= 11 is 0. The van der Waals surface area contributed by atoms with Gasteiger partial charge in [0, 0.05) is 24.6 Å². The highest BCUT2D eigenvalue weighted by Crippen LogP contribution is 2.28. The minimum atomic E-state index is -0.568. The van der Waals surface area contributed by atoms with Crippen molar-refractivity contribution in [3.05, 3.63) is 34.1 Å². The highest BCUT2D eigenvalue weighted by atomic mass is 19.1. The van der Waals surface area contributed by atoms with E-state index in [0.717, 1.165) is 37.7 Å². The van der Waals surface area contributed by atoms with Crippen LogP contribution in [0.1, 0.15) is 6.42 Å². The summed E-state index contributed by atoms with van der Waals surface area (Å²) in [6, 6.07) is 3.24. The van der Waals surface area contributed by atoms with Gasteiger partial charge in [0.2, 0.25) is 0 Å². The van der Waals surface area contributed by atoms with Crippen molar-refractivity contribution in [2.75, 3.05) is 19.7 Å². The van der Waals surface area contributed by atoms with Crippen molar-refractivity contribution in [3.8, 4) is 5.75 Å². The third-order valence-electron chi connectivity index (χ3n) is 2.76. The lowest BCUT2D eigenvalue weighted by Crippen LogP contribution is -2.16. The number of nitrogens with zero attached hydrogens (tertiary/aromatic N) is 1. The molecule has 1 aliphatic rings. The Balaban J connectivity index is 2.07. The first-order valence-electron chi connectivity index (χ1n) is 5.44. The summed E-state index contributed by atoms with van der Waals surface area (Å²) in [7, 11) is 0. The molecule has 5 nitrogen and oxygen atoms in total. The molecular formula is C11H13FN2O3. The van der Waals surface area contributed by atoms with Gasteiger partial charge in [-0.05, 0) is 19.0 Å². The van der Waals surface area contributed by atoms with E-state index < -0.39 is 10.7 Å². The smallest absolute Gasteiger partial charge is 0.311 e. The second-order valence-corrected chi connectivity index (χ2v) is 4.04. The largest absolute Gasteiger partial charge is 0.486 e. The fourth-order valence-electron chi connectivity index (χ4n) is 1.82. The number of nitro benzene ring substituents is 1. The molecule has 0 spiro atoms. The quantitative estimate of drug-likeness (QED) is 0.643. The number of halogens is 1. The summed E-state index contributed by atoms with van der Waals surface area (Å²) in [6.45, 7) is 2.14. The van der Waals surface area contributed by atoms with Crippen LogP contribution in [-0.4, -0.2) is 24.6 Å². The van der Waals surface area contributed by atoms with Gasteiger partial charge in [-0.1, -0.05) is 0 Å². The van der Waals surface area contributed by atoms with E-state index in [2.05, 4.69) is 5.32 Å². The highest BCUT2D eigenvalue weighted by Gasteiger charge is 2.19. The van der Waals surface area contributed by atoms with Crippen molar-refractivity contribution < 1.29 is 14.1 Å². The normalized spacial score (nSPS) is 19.2. The van der Waals surface area contributed by atoms with Gasteiger partial charge in [-0.2, -0.15) is 0 Å². The summed E-state index contributed by atoms with van der Waals surface area (Å²) in [6.07, 6.45) is 0.975. The topological polar surface area (TPSA) is 64.4 Å². The Bertz CT molecular complexity index is 419. The van der Waals surface area contributed by atoms with Crippen molar-refractivity contribution >= 4 is 5.69 Å². The number of nitrogens with one attached hydrogen (secondary N) is 1. The maximum absolute atomic E-state index is 13.0. The van der Waals surface area contributed by atoms with Crippen LogP contribution in [0.5, 0.6) is 5.75 Å². The van der Waals surface area contributed by atoms with Crippen molar-refractivity contribution in [2.24, 2.45) is 5.92 Å². The van der Waals surface area contributed by atoms with Gasteiger partial charge in [0.25, 0.3) is 0 Å². The zero-order valence-corrected chi connectivity index (χ0v) is 9.19. The Morgan fingerprint density at radius 3 is 3.06 bits per heavy atom. The maximum atomic E-state index is 13.0. The Hall–Kier alpha value is -1.69. The van der Waals surface area contributed by atoms with Crippen LogP contribution in [-0.2, 0) is 0 Å². The molecule has 1 atom stereocenters. The van der Waals surface area contributed by atoms with Crippen LogP contribution in [0.25, 0.3) is 0 Å². The first-order valence-corrected chi connectivity index (χ1v) is 5.44. The predicted octanol–water partition coefficient (Wildman–Crippen LogP) is 1.72. The van der Waals surface area contributed by atoms with Crippen LogP contribution in [0.4, 0.5) is 10.1 Å². The molecular weight excluding hydrogens is 227 g/mol. The monoisotopic (exact) mass is 240 g/mol. The van der Waals surface area contributed by atoms with Crippen molar-refractivity contribution in [3.63, 3.8) is 0 Å². The molecule has 1 aromatic rings. The molecule has 1 fully saturated rings. The standard InChI is InChI=1S/C11H13FN2O3/c12-9-1-2-10(14(15)16)11(5-9)17-7-8-3-4-13-6-8/h1-2,5,8,13H,3-4,6-7H2. The third-order valence-corrected chi connectivity index (χ3v) is 2.76. The minimum Gasteiger partial charge on any atom is -0.486 e. The molecule has 1 N–H and O–H groups in total. The Morgan fingerprint density at radius 2 is 2.41 bits per heavy atom. The van der Waals surface area contributed by atoms with Gasteiger partial charge in [0.1, 0.15) is 5.82 Å². The van der Waals surface area contributed by atoms with Gasteiger partial charge in [-0.25, -0.2) is 4.39 Å². The number of ether oxygens (including phenoxy) is 1. The van der Waals surface area contributed by atoms with E-state index >= 15 is 0 Å². The van der Waals surface area contributed by atoms with Gasteiger partial charge < -0.3 is 10.1 Å². The average Bonchev–Trinajstić information content (AvgIpc) is 2.78. The molecule has 1 aromatic carbocycles. The van der Waals surface area contributed by atoms with E-state index in [1.165, 1.54) is 0 Å². The molecule has 0 radical (unpaired) electrons. The van der Waals surface area contributed by atoms with E-state index in [-0.39, 0.29) is 11.4 Å². The minimum absolute atomic E-state index is 0.00176. The molecule has 1 aliphatic heterocycles. The predicted molar refractivity (Wildman–Crippen MR) is 59.5 cm³/mol. The van der Waals surface area contributed by atoms with Crippen LogP contribution in [0.2, 0.25) is 0 Å². The third kappa shape index (κ3) is 2.91. The van der Waals surface area contributed by atoms with E-state index in [1.54, 1.807) is 0 Å². The van der Waals surface area contributed by atoms with Gasteiger partial charge in [-0.3, -0.25) is 10.1 Å². The summed E-state index contributed by atoms with van der Waals surface area (Å²) in [5.41, 5.74) is -0.197. The molecule has 0 bridgehead atoms. The van der Waals surface area contributed by atoms with Crippen LogP contribution >= 0.6 is 0 Å². The van der Waals surface area contributed by atoms with E-state index in [0.29, 0.717) is 12.5 Å². The average molecular weight is 240 g/mol. The first kappa shape index (κ1) is 11.8. The van der Waals surface area contributed by atoms with Crippen LogP contribution in [0.3, 0.4) is 0 Å². The number of nitro groups is 1. The van der Waals surface area contributed by atoms with Crippen molar-refractivity contribution in [1.82, 2.24) is 5.32 Å². The molecule has 1 saturated heterocycles. The van der Waals surface area contributed by atoms with Crippen LogP contribution < -0.4 is 10.1 Å². The summed E-state index contributed by atoms with van der Waals surface area (Å²) in [5, 5.41) is 13.9. The second-order valence-electron chi connectivity index (χ2n) is 4.04. The molecule has 1 heterocycles. The Morgan fingerprint density at radius 1 is 1.59 bits per heavy atom. The fourth-order valence-corrected chi connectivity index (χ4v) is 1.82. The van der Waals surface area contributed by atoms with E-state index in [9.17, 15) is 14.5 Å². The molecule has 1 unspecified atom stereocenters. The van der Waals surface area contributed by atoms with Crippen LogP contribution in [0, 0.1) is 21.8 Å². The molecule has 92 valence electrons. The summed E-state index contributed by atoms with van der Waals surface area (Å²) in [4.78, 5) is 10.2. The zero-order chi connectivity index (χ0) is 12.3. The maximum Gasteiger partial charge on any atom is 0.311 e. The van der Waals surface area contributed by atoms with Crippen molar-refractivity contribution in [1.29, 1.82) is 0 Å². The van der Waals surface area contributed by atoms with E-state index in [1.807, 2.05) is 0 Å². The molecule has 0 amide bonds. The second kappa shape index (κ2) is 5.09.